The van der Waals surface area contributed by atoms with Gasteiger partial charge in [-0.1, -0.05) is 84.9 Å². The molecule has 0 bridgehead atoms. The van der Waals surface area contributed by atoms with Gasteiger partial charge in [-0.3, -0.25) is 0 Å². The minimum Gasteiger partial charge on any atom is -0.454 e. The highest BCUT2D eigenvalue weighted by Gasteiger charge is 2.25. The molecule has 3 heterocycles. The Bertz CT molecular complexity index is 3610. The number of halogens is 2. The van der Waals surface area contributed by atoms with Crippen molar-refractivity contribution in [2.75, 3.05) is 9.80 Å². The van der Waals surface area contributed by atoms with Crippen molar-refractivity contribution < 1.29 is 17.6 Å². The Morgan fingerprint density at radius 1 is 0.356 bits per heavy atom. The van der Waals surface area contributed by atoms with Crippen molar-refractivity contribution in [1.29, 1.82) is 0 Å². The number of furan rings is 2. The summed E-state index contributed by atoms with van der Waals surface area (Å²) < 4.78 is 44.3. The van der Waals surface area contributed by atoms with Gasteiger partial charge in [-0.25, -0.2) is 8.78 Å². The summed E-state index contributed by atoms with van der Waals surface area (Å²) in [6.07, 6.45) is 0. The predicted molar refractivity (Wildman–Crippen MR) is 241 cm³/mol. The lowest BCUT2D eigenvalue weighted by atomic mass is 10.00. The number of thiophene rings is 1. The minimum atomic E-state index is -0.303. The lowest BCUT2D eigenvalue weighted by molar-refractivity contribution is 0.627. The summed E-state index contributed by atoms with van der Waals surface area (Å²) in [5.74, 6) is -0.606. The molecule has 0 saturated carbocycles. The fraction of sp³-hybridized carbons (Fsp3) is 0. The number of hydrogen-bond acceptors (Lipinski definition) is 5. The van der Waals surface area contributed by atoms with Gasteiger partial charge in [0.1, 0.15) is 22.8 Å². The van der Waals surface area contributed by atoms with E-state index < -0.39 is 0 Å². The zero-order valence-electron chi connectivity index (χ0n) is 31.2. The molecule has 59 heavy (non-hydrogen) atoms. The van der Waals surface area contributed by atoms with Crippen LogP contribution >= 0.6 is 11.3 Å². The van der Waals surface area contributed by atoms with Gasteiger partial charge < -0.3 is 18.6 Å². The highest BCUT2D eigenvalue weighted by molar-refractivity contribution is 7.26. The summed E-state index contributed by atoms with van der Waals surface area (Å²) in [5, 5.41) is 8.44. The smallest absolute Gasteiger partial charge is 0.159 e. The molecule has 0 atom stereocenters. The molecule has 4 nitrogen and oxygen atoms in total. The summed E-state index contributed by atoms with van der Waals surface area (Å²) in [7, 11) is 0. The van der Waals surface area contributed by atoms with Crippen LogP contribution in [0.3, 0.4) is 0 Å². The maximum Gasteiger partial charge on any atom is 0.159 e. The van der Waals surface area contributed by atoms with Gasteiger partial charge in [0.2, 0.25) is 0 Å². The van der Waals surface area contributed by atoms with E-state index in [1.165, 1.54) is 24.3 Å². The van der Waals surface area contributed by atoms with E-state index in [0.29, 0.717) is 0 Å². The second kappa shape index (κ2) is 13.0. The van der Waals surface area contributed by atoms with Gasteiger partial charge in [-0.2, -0.15) is 0 Å². The van der Waals surface area contributed by atoms with Gasteiger partial charge in [0, 0.05) is 64.2 Å². The number of anilines is 6. The average Bonchev–Trinajstić information content (AvgIpc) is 3.97. The molecule has 12 aromatic rings. The first-order valence-electron chi connectivity index (χ1n) is 19.4. The van der Waals surface area contributed by atoms with Crippen molar-refractivity contribution in [3.05, 3.63) is 194 Å². The van der Waals surface area contributed by atoms with Crippen LogP contribution in [0.5, 0.6) is 0 Å². The fourth-order valence-corrected chi connectivity index (χ4v) is 9.90. The summed E-state index contributed by atoms with van der Waals surface area (Å²) >= 11 is 1.73. The van der Waals surface area contributed by atoms with Crippen molar-refractivity contribution in [3.8, 4) is 0 Å². The predicted octanol–water partition coefficient (Wildman–Crippen LogP) is 16.2. The van der Waals surface area contributed by atoms with Crippen molar-refractivity contribution in [3.63, 3.8) is 0 Å². The Morgan fingerprint density at radius 2 is 0.847 bits per heavy atom. The molecule has 0 amide bonds. The van der Waals surface area contributed by atoms with E-state index in [0.717, 1.165) is 109 Å². The summed E-state index contributed by atoms with van der Waals surface area (Å²) in [4.78, 5) is 4.33. The van der Waals surface area contributed by atoms with E-state index in [4.69, 9.17) is 8.83 Å². The molecule has 7 heteroatoms. The molecule has 0 aliphatic carbocycles. The van der Waals surface area contributed by atoms with Crippen molar-refractivity contribution >= 4 is 120 Å². The van der Waals surface area contributed by atoms with Gasteiger partial charge in [0.05, 0.1) is 17.1 Å². The first-order chi connectivity index (χ1) is 29.1. The Hall–Kier alpha value is -7.48. The normalized spacial score (nSPS) is 11.9. The lowest BCUT2D eigenvalue weighted by Gasteiger charge is -2.27. The van der Waals surface area contributed by atoms with Crippen molar-refractivity contribution in [2.45, 2.75) is 0 Å². The highest BCUT2D eigenvalue weighted by atomic mass is 32.1. The summed E-state index contributed by atoms with van der Waals surface area (Å²) in [6, 6.07) is 59.0. The Balaban J connectivity index is 1.10. The van der Waals surface area contributed by atoms with Crippen LogP contribution in [0.4, 0.5) is 42.9 Å². The maximum absolute atomic E-state index is 14.5. The summed E-state index contributed by atoms with van der Waals surface area (Å²) in [6.45, 7) is 0. The molecular weight excluding hydrogens is 755 g/mol. The molecule has 0 saturated heterocycles. The minimum absolute atomic E-state index is 0.302. The van der Waals surface area contributed by atoms with Crippen LogP contribution in [0.25, 0.3) is 74.8 Å². The standard InChI is InChI=1S/C52H30F2N2O2S/c53-31-19-23-33(24-20-31)55(43-15-7-13-40-37-10-3-5-17-46(37)57-51(40)43)35-27-28-48-42(29-35)50-39-12-2-1-9-36(39)45(30-49(50)59-48)56(34-25-21-32(54)22-26-34)44-16-8-14-41-38-11-4-6-18-47(38)58-52(41)44/h1-30H. The number of fused-ring (bicyclic) bond motifs is 11. The monoisotopic (exact) mass is 784 g/mol. The van der Waals surface area contributed by atoms with Crippen molar-refractivity contribution in [1.82, 2.24) is 0 Å². The molecule has 12 rings (SSSR count). The molecular formula is C52H30F2N2O2S. The Labute approximate surface area is 340 Å². The van der Waals surface area contributed by atoms with E-state index in [9.17, 15) is 8.78 Å². The zero-order chi connectivity index (χ0) is 39.2. The van der Waals surface area contributed by atoms with E-state index in [-0.39, 0.29) is 11.6 Å². The second-order valence-corrected chi connectivity index (χ2v) is 15.8. The molecule has 3 aromatic heterocycles. The number of rotatable bonds is 6. The third kappa shape index (κ3) is 5.25. The molecule has 9 aromatic carbocycles. The maximum atomic E-state index is 14.5. The van der Waals surface area contributed by atoms with E-state index in [1.54, 1.807) is 23.5 Å². The molecule has 0 unspecified atom stereocenters. The molecule has 0 fully saturated rings. The van der Waals surface area contributed by atoms with Crippen LogP contribution in [0, 0.1) is 11.6 Å². The van der Waals surface area contributed by atoms with E-state index >= 15 is 0 Å². The van der Waals surface area contributed by atoms with Gasteiger partial charge in [0.15, 0.2) is 11.2 Å². The molecule has 280 valence electrons. The SMILES string of the molecule is Fc1ccc(N(c2ccc3sc4cc(N(c5ccc(F)cc5)c5cccc6c5oc5ccccc56)c5ccccc5c4c3c2)c2cccc3c2oc2ccccc23)cc1. The van der Waals surface area contributed by atoms with Crippen LogP contribution in [0.1, 0.15) is 0 Å². The highest BCUT2D eigenvalue weighted by Crippen LogP contribution is 2.50. The number of benzene rings is 9. The Morgan fingerprint density at radius 3 is 1.46 bits per heavy atom. The van der Waals surface area contributed by atoms with Crippen LogP contribution in [0.15, 0.2) is 191 Å². The topological polar surface area (TPSA) is 32.8 Å². The quantitative estimate of drug-likeness (QED) is 0.168. The van der Waals surface area contributed by atoms with Gasteiger partial charge >= 0.3 is 0 Å². The fourth-order valence-electron chi connectivity index (χ4n) is 8.77. The Kier molecular flexibility index (Phi) is 7.43. The molecule has 0 aliphatic rings. The first-order valence-corrected chi connectivity index (χ1v) is 20.2. The number of hydrogen-bond donors (Lipinski definition) is 0. The number of nitrogens with zero attached hydrogens (tertiary/aromatic N) is 2. The zero-order valence-corrected chi connectivity index (χ0v) is 32.0. The second-order valence-electron chi connectivity index (χ2n) is 14.7. The molecule has 0 aliphatic heterocycles. The number of para-hydroxylation sites is 4. The van der Waals surface area contributed by atoms with Crippen LogP contribution in [0.2, 0.25) is 0 Å². The third-order valence-electron chi connectivity index (χ3n) is 11.4. The van der Waals surface area contributed by atoms with Crippen LogP contribution in [-0.2, 0) is 0 Å². The molecule has 0 spiro atoms. The van der Waals surface area contributed by atoms with Crippen molar-refractivity contribution in [2.24, 2.45) is 0 Å². The molecule has 0 radical (unpaired) electrons. The van der Waals surface area contributed by atoms with Crippen LogP contribution in [-0.4, -0.2) is 0 Å². The lowest BCUT2D eigenvalue weighted by Crippen LogP contribution is -2.11. The molecule has 0 N–H and O–H groups in total. The van der Waals surface area contributed by atoms with E-state index in [1.807, 2.05) is 54.6 Å². The van der Waals surface area contributed by atoms with Gasteiger partial charge in [0.25, 0.3) is 0 Å². The largest absolute Gasteiger partial charge is 0.454 e. The van der Waals surface area contributed by atoms with Gasteiger partial charge in [-0.05, 0) is 102 Å². The summed E-state index contributed by atoms with van der Waals surface area (Å²) in [5.41, 5.74) is 8.30. The third-order valence-corrected chi connectivity index (χ3v) is 12.5. The average molecular weight is 785 g/mol. The van der Waals surface area contributed by atoms with Crippen LogP contribution < -0.4 is 9.80 Å². The first kappa shape index (κ1) is 33.6. The van der Waals surface area contributed by atoms with E-state index in [2.05, 4.69) is 101 Å². The van der Waals surface area contributed by atoms with Gasteiger partial charge in [-0.15, -0.1) is 11.3 Å².